The van der Waals surface area contributed by atoms with Crippen LogP contribution < -0.4 is 10.6 Å². The minimum atomic E-state index is -0.331. The third-order valence-corrected chi connectivity index (χ3v) is 10.7. The van der Waals surface area contributed by atoms with Crippen LogP contribution in [0.5, 0.6) is 0 Å². The Labute approximate surface area is 278 Å². The number of carbonyl (C=O) groups is 4. The molecule has 4 aliphatic rings. The molecular weight excluding hydrogens is 645 g/mol. The Bertz CT molecular complexity index is 1030. The molecule has 16 heteroatoms. The van der Waals surface area contributed by atoms with E-state index >= 15 is 0 Å². The lowest BCUT2D eigenvalue weighted by Gasteiger charge is -2.26. The molecule has 0 saturated carbocycles. The second-order valence-electron chi connectivity index (χ2n) is 10.8. The average Bonchev–Trinajstić information content (AvgIpc) is 3.47. The minimum Gasteiger partial charge on any atom is -0.379 e. The molecule has 0 bridgehead atoms. The van der Waals surface area contributed by atoms with Crippen molar-refractivity contribution in [1.82, 2.24) is 30.2 Å². The minimum absolute atomic E-state index is 0.0556. The Kier molecular flexibility index (Phi) is 14.8. The first-order chi connectivity index (χ1) is 21.3. The molecule has 0 atom stereocenters. The highest BCUT2D eigenvalue weighted by molar-refractivity contribution is 8.29. The van der Waals surface area contributed by atoms with Crippen LogP contribution in [0.2, 0.25) is 0 Å². The summed E-state index contributed by atoms with van der Waals surface area (Å²) < 4.78 is 11.4. The molecule has 44 heavy (non-hydrogen) atoms. The lowest BCUT2D eigenvalue weighted by Crippen LogP contribution is -2.38. The van der Waals surface area contributed by atoms with Gasteiger partial charge >= 0.3 is 0 Å². The highest BCUT2D eigenvalue weighted by Crippen LogP contribution is 2.42. The van der Waals surface area contributed by atoms with Gasteiger partial charge in [0.2, 0.25) is 11.8 Å². The van der Waals surface area contributed by atoms with E-state index in [-0.39, 0.29) is 46.3 Å². The maximum atomic E-state index is 13.2. The second-order valence-corrected chi connectivity index (χ2v) is 14.1. The molecule has 0 aliphatic carbocycles. The topological polar surface area (TPSA) is 124 Å². The van der Waals surface area contributed by atoms with Crippen LogP contribution in [0.25, 0.3) is 0 Å². The van der Waals surface area contributed by atoms with Crippen molar-refractivity contribution in [2.24, 2.45) is 0 Å². The number of carbonyl (C=O) groups excluding carboxylic acids is 4. The van der Waals surface area contributed by atoms with Gasteiger partial charge in [0, 0.05) is 65.2 Å². The van der Waals surface area contributed by atoms with Gasteiger partial charge in [0.05, 0.1) is 36.2 Å². The van der Waals surface area contributed by atoms with Gasteiger partial charge in [-0.2, -0.15) is 0 Å². The Hall–Kier alpha value is -1.66. The van der Waals surface area contributed by atoms with Crippen molar-refractivity contribution in [2.75, 3.05) is 91.9 Å². The zero-order valence-electron chi connectivity index (χ0n) is 25.0. The molecule has 2 N–H and O–H groups in total. The van der Waals surface area contributed by atoms with Crippen LogP contribution in [0.3, 0.4) is 0 Å². The Morgan fingerprint density at radius 3 is 1.41 bits per heavy atom. The lowest BCUT2D eigenvalue weighted by molar-refractivity contribution is -0.125. The average molecular weight is 687 g/mol. The molecule has 0 spiro atoms. The number of morpholine rings is 2. The van der Waals surface area contributed by atoms with E-state index in [4.69, 9.17) is 33.9 Å². The number of ether oxygens (including phenoxy) is 2. The summed E-state index contributed by atoms with van der Waals surface area (Å²) in [4.78, 5) is 59.0. The van der Waals surface area contributed by atoms with E-state index in [0.717, 1.165) is 102 Å². The first kappa shape index (κ1) is 35.2. The fourth-order valence-electron chi connectivity index (χ4n) is 5.14. The van der Waals surface area contributed by atoms with Crippen molar-refractivity contribution in [3.63, 3.8) is 0 Å². The van der Waals surface area contributed by atoms with E-state index < -0.39 is 0 Å². The second kappa shape index (κ2) is 18.5. The molecule has 244 valence electrons. The zero-order chi connectivity index (χ0) is 31.3. The summed E-state index contributed by atoms with van der Waals surface area (Å²) in [5, 5.41) is 5.88. The van der Waals surface area contributed by atoms with E-state index in [0.29, 0.717) is 47.7 Å². The monoisotopic (exact) mass is 686 g/mol. The number of nitrogens with zero attached hydrogens (tertiary/aromatic N) is 4. The third kappa shape index (κ3) is 10.7. The molecule has 4 saturated heterocycles. The molecule has 4 heterocycles. The van der Waals surface area contributed by atoms with Crippen molar-refractivity contribution in [2.45, 2.75) is 38.5 Å². The van der Waals surface area contributed by atoms with Gasteiger partial charge < -0.3 is 20.1 Å². The summed E-state index contributed by atoms with van der Waals surface area (Å²) in [7, 11) is 0. The standard InChI is InChI=1S/C28H42N6O6S4/c35-21(29-7-3-9-31-13-17-39-18-14-31)5-1-11-33-25(37)23(43-27(33)41)24-26(38)34(28(42)44-24)12-2-6-22(36)30-8-4-10-32-15-19-40-20-16-32/h1-20H2,(H,29,35)(H,30,36)/b24-23+. The first-order valence-electron chi connectivity index (χ1n) is 15.3. The van der Waals surface area contributed by atoms with E-state index in [1.54, 1.807) is 0 Å². The van der Waals surface area contributed by atoms with Crippen LogP contribution in [-0.2, 0) is 28.7 Å². The predicted octanol–water partition coefficient (Wildman–Crippen LogP) is 1.16. The highest BCUT2D eigenvalue weighted by Gasteiger charge is 2.41. The molecular formula is C28H42N6O6S4. The quantitative estimate of drug-likeness (QED) is 0.138. The number of rotatable bonds is 16. The number of thioether (sulfide) groups is 2. The van der Waals surface area contributed by atoms with Crippen molar-refractivity contribution in [3.8, 4) is 0 Å². The SMILES string of the molecule is O=C(CCCN1C(=O)/C(=C2\SC(=S)N(CCCC(=O)NCCCN3CCOCC3)C2=O)SC1=S)NCCCN1CCOCC1. The maximum absolute atomic E-state index is 13.2. The molecule has 0 aromatic heterocycles. The fraction of sp³-hybridized carbons (Fsp3) is 0.714. The van der Waals surface area contributed by atoms with Crippen molar-refractivity contribution >= 4 is 80.2 Å². The van der Waals surface area contributed by atoms with Crippen molar-refractivity contribution in [3.05, 3.63) is 9.81 Å². The van der Waals surface area contributed by atoms with E-state index in [1.165, 1.54) is 9.80 Å². The Balaban J connectivity index is 1.13. The maximum Gasteiger partial charge on any atom is 0.267 e. The van der Waals surface area contributed by atoms with Crippen LogP contribution in [0.4, 0.5) is 0 Å². The molecule has 4 fully saturated rings. The van der Waals surface area contributed by atoms with Gasteiger partial charge in [0.1, 0.15) is 8.64 Å². The van der Waals surface area contributed by atoms with Gasteiger partial charge in [0.25, 0.3) is 11.8 Å². The van der Waals surface area contributed by atoms with Gasteiger partial charge in [-0.15, -0.1) is 0 Å². The third-order valence-electron chi connectivity index (χ3n) is 7.63. The zero-order valence-corrected chi connectivity index (χ0v) is 28.3. The molecule has 4 amide bonds. The highest BCUT2D eigenvalue weighted by atomic mass is 32.2. The number of thiocarbonyl (C=S) groups is 2. The number of hydrogen-bond acceptors (Lipinski definition) is 12. The molecule has 0 aromatic carbocycles. The van der Waals surface area contributed by atoms with Gasteiger partial charge in [-0.3, -0.25) is 38.8 Å². The van der Waals surface area contributed by atoms with Gasteiger partial charge in [-0.1, -0.05) is 48.0 Å². The summed E-state index contributed by atoms with van der Waals surface area (Å²) in [5.74, 6) is -0.773. The summed E-state index contributed by atoms with van der Waals surface area (Å²) in [6.45, 7) is 10.4. The van der Waals surface area contributed by atoms with Crippen molar-refractivity contribution in [1.29, 1.82) is 0 Å². The Morgan fingerprint density at radius 2 is 1.02 bits per heavy atom. The van der Waals surface area contributed by atoms with Gasteiger partial charge in [0.15, 0.2) is 0 Å². The number of amides is 4. The fourth-order valence-corrected chi connectivity index (χ4v) is 7.91. The van der Waals surface area contributed by atoms with Crippen molar-refractivity contribution < 1.29 is 28.7 Å². The van der Waals surface area contributed by atoms with E-state index in [1.807, 2.05) is 0 Å². The van der Waals surface area contributed by atoms with Gasteiger partial charge in [-0.25, -0.2) is 0 Å². The molecule has 0 unspecified atom stereocenters. The van der Waals surface area contributed by atoms with Crippen LogP contribution in [0.1, 0.15) is 38.5 Å². The predicted molar refractivity (Wildman–Crippen MR) is 179 cm³/mol. The van der Waals surface area contributed by atoms with Crippen LogP contribution in [0.15, 0.2) is 9.81 Å². The molecule has 4 aliphatic heterocycles. The van der Waals surface area contributed by atoms with E-state index in [2.05, 4.69) is 20.4 Å². The first-order valence-corrected chi connectivity index (χ1v) is 17.7. The van der Waals surface area contributed by atoms with Gasteiger partial charge in [-0.05, 0) is 38.8 Å². The summed E-state index contributed by atoms with van der Waals surface area (Å²) >= 11 is 13.1. The molecule has 12 nitrogen and oxygen atoms in total. The largest absolute Gasteiger partial charge is 0.379 e. The summed E-state index contributed by atoms with van der Waals surface area (Å²) in [6, 6.07) is 0. The molecule has 0 radical (unpaired) electrons. The Morgan fingerprint density at radius 1 is 0.636 bits per heavy atom. The summed E-state index contributed by atoms with van der Waals surface area (Å²) in [6.07, 6.45) is 3.25. The van der Waals surface area contributed by atoms with E-state index in [9.17, 15) is 19.2 Å². The lowest BCUT2D eigenvalue weighted by atomic mass is 10.2. The van der Waals surface area contributed by atoms with Crippen LogP contribution in [0, 0.1) is 0 Å². The normalized spacial score (nSPS) is 21.9. The van der Waals surface area contributed by atoms with Crippen LogP contribution in [-0.4, -0.2) is 144 Å². The smallest absolute Gasteiger partial charge is 0.267 e. The molecule has 4 rings (SSSR count). The van der Waals surface area contributed by atoms with Crippen LogP contribution >= 0.6 is 48.0 Å². The number of hydrogen-bond donors (Lipinski definition) is 2. The summed E-state index contributed by atoms with van der Waals surface area (Å²) in [5.41, 5.74) is 0. The molecule has 0 aromatic rings. The number of nitrogens with one attached hydrogen (secondary N) is 2.